The molecule has 0 spiro atoms. The lowest BCUT2D eigenvalue weighted by atomic mass is 10.1. The highest BCUT2D eigenvalue weighted by Crippen LogP contribution is 2.22. The van der Waals surface area contributed by atoms with Crippen molar-refractivity contribution in [2.45, 2.75) is 32.9 Å². The summed E-state index contributed by atoms with van der Waals surface area (Å²) in [4.78, 5) is 16.7. The zero-order chi connectivity index (χ0) is 18.7. The number of rotatable bonds is 4. The van der Waals surface area contributed by atoms with Crippen molar-refractivity contribution in [2.24, 2.45) is 0 Å². The maximum absolute atomic E-state index is 12.3. The zero-order valence-electron chi connectivity index (χ0n) is 15.3. The summed E-state index contributed by atoms with van der Waals surface area (Å²) in [5.41, 5.74) is 2.10. The summed E-state index contributed by atoms with van der Waals surface area (Å²) in [6, 6.07) is 13.7. The van der Waals surface area contributed by atoms with E-state index in [0.29, 0.717) is 6.61 Å². The highest BCUT2D eigenvalue weighted by atomic mass is 35.5. The summed E-state index contributed by atoms with van der Waals surface area (Å²) in [5.74, 6) is 0.283. The number of benzene rings is 1. The molecule has 5 nitrogen and oxygen atoms in total. The lowest BCUT2D eigenvalue weighted by Crippen LogP contribution is -2.36. The van der Waals surface area contributed by atoms with Gasteiger partial charge in [-0.25, -0.2) is 4.68 Å². The molecule has 0 fully saturated rings. The monoisotopic (exact) mass is 405 g/mol. The summed E-state index contributed by atoms with van der Waals surface area (Å²) < 4.78 is 7.04. The Balaban J connectivity index is 0.00000261. The summed E-state index contributed by atoms with van der Waals surface area (Å²) in [6.07, 6.45) is 3.25. The van der Waals surface area contributed by atoms with Crippen molar-refractivity contribution in [2.75, 3.05) is 0 Å². The molecule has 27 heavy (non-hydrogen) atoms. The molecule has 0 atom stereocenters. The van der Waals surface area contributed by atoms with Gasteiger partial charge in [-0.3, -0.25) is 9.78 Å². The average molecular weight is 406 g/mol. The van der Waals surface area contributed by atoms with Crippen molar-refractivity contribution in [3.8, 4) is 17.0 Å². The van der Waals surface area contributed by atoms with E-state index in [1.165, 1.54) is 10.9 Å². The molecule has 2 heterocycles. The van der Waals surface area contributed by atoms with Crippen LogP contribution < -0.4 is 10.3 Å². The highest BCUT2D eigenvalue weighted by molar-refractivity contribution is 6.31. The molecule has 0 N–H and O–H groups in total. The first-order valence-corrected chi connectivity index (χ1v) is 8.65. The molecule has 0 unspecified atom stereocenters. The van der Waals surface area contributed by atoms with Crippen molar-refractivity contribution >= 4 is 24.0 Å². The maximum atomic E-state index is 12.3. The van der Waals surface area contributed by atoms with Crippen LogP contribution in [0.1, 0.15) is 26.3 Å². The van der Waals surface area contributed by atoms with Gasteiger partial charge in [0.05, 0.1) is 17.4 Å². The van der Waals surface area contributed by atoms with E-state index < -0.39 is 5.54 Å². The minimum absolute atomic E-state index is 0. The lowest BCUT2D eigenvalue weighted by molar-refractivity contribution is 0.292. The molecular weight excluding hydrogens is 385 g/mol. The number of halogens is 2. The van der Waals surface area contributed by atoms with Gasteiger partial charge in [0, 0.05) is 11.8 Å². The molecule has 2 aromatic heterocycles. The fourth-order valence-electron chi connectivity index (χ4n) is 2.46. The molecule has 0 saturated carbocycles. The molecule has 0 bridgehead atoms. The van der Waals surface area contributed by atoms with E-state index in [1.807, 2.05) is 63.2 Å². The lowest BCUT2D eigenvalue weighted by Gasteiger charge is -2.21. The Labute approximate surface area is 169 Å². The predicted octanol–water partition coefficient (Wildman–Crippen LogP) is 4.71. The Morgan fingerprint density at radius 1 is 1.11 bits per heavy atom. The maximum Gasteiger partial charge on any atom is 0.289 e. The third kappa shape index (κ3) is 4.87. The second-order valence-electron chi connectivity index (χ2n) is 6.91. The van der Waals surface area contributed by atoms with Crippen LogP contribution in [0.15, 0.2) is 59.7 Å². The first kappa shape index (κ1) is 20.9. The second-order valence-corrected chi connectivity index (χ2v) is 7.29. The number of ether oxygens (including phenoxy) is 1. The molecule has 7 heteroatoms. The minimum Gasteiger partial charge on any atom is -0.485 e. The molecule has 3 rings (SSSR count). The van der Waals surface area contributed by atoms with Crippen molar-refractivity contribution in [3.05, 3.63) is 75.8 Å². The third-order valence-electron chi connectivity index (χ3n) is 3.83. The minimum atomic E-state index is -0.444. The van der Waals surface area contributed by atoms with E-state index in [4.69, 9.17) is 16.3 Å². The van der Waals surface area contributed by atoms with Gasteiger partial charge in [0.1, 0.15) is 6.61 Å². The molecule has 3 aromatic rings. The van der Waals surface area contributed by atoms with Crippen LogP contribution in [0.5, 0.6) is 5.75 Å². The van der Waals surface area contributed by atoms with Crippen LogP contribution in [0.4, 0.5) is 0 Å². The van der Waals surface area contributed by atoms with E-state index in [0.717, 1.165) is 16.8 Å². The van der Waals surface area contributed by atoms with Crippen LogP contribution in [0, 0.1) is 0 Å². The molecule has 0 radical (unpaired) electrons. The molecule has 0 amide bonds. The molecular formula is C20H21Cl2N3O2. The van der Waals surface area contributed by atoms with E-state index >= 15 is 0 Å². The summed E-state index contributed by atoms with van der Waals surface area (Å²) in [6.45, 7) is 5.97. The number of pyridine rings is 1. The smallest absolute Gasteiger partial charge is 0.289 e. The van der Waals surface area contributed by atoms with Crippen LogP contribution in [-0.4, -0.2) is 14.8 Å². The topological polar surface area (TPSA) is 57.0 Å². The number of hydrogen-bond donors (Lipinski definition) is 0. The summed E-state index contributed by atoms with van der Waals surface area (Å²) in [5, 5.41) is 4.20. The standard InChI is InChI=1S/C20H20ClN3O2.ClH/c1-20(2,3)24-19(25)18(21)17(12-23-24)26-13-14-7-9-15(10-8-14)16-6-4-5-11-22-16;/h4-12H,13H2,1-3H3;1H. The second kappa shape index (κ2) is 8.55. The quantitative estimate of drug-likeness (QED) is 0.630. The number of hydrogen-bond acceptors (Lipinski definition) is 4. The van der Waals surface area contributed by atoms with Gasteiger partial charge in [0.25, 0.3) is 5.56 Å². The van der Waals surface area contributed by atoms with Gasteiger partial charge in [-0.05, 0) is 38.5 Å². The first-order valence-electron chi connectivity index (χ1n) is 8.28. The Hall–Kier alpha value is -2.37. The molecule has 142 valence electrons. The van der Waals surface area contributed by atoms with Gasteiger partial charge in [-0.15, -0.1) is 12.4 Å². The predicted molar refractivity (Wildman–Crippen MR) is 110 cm³/mol. The Bertz CT molecular complexity index is 950. The third-order valence-corrected chi connectivity index (χ3v) is 4.18. The van der Waals surface area contributed by atoms with Crippen LogP contribution in [0.25, 0.3) is 11.3 Å². The fraction of sp³-hybridized carbons (Fsp3) is 0.250. The van der Waals surface area contributed by atoms with Gasteiger partial charge in [-0.1, -0.05) is 41.9 Å². The van der Waals surface area contributed by atoms with Gasteiger partial charge in [-0.2, -0.15) is 5.10 Å². The largest absolute Gasteiger partial charge is 0.485 e. The normalized spacial score (nSPS) is 11.0. The van der Waals surface area contributed by atoms with Gasteiger partial charge >= 0.3 is 0 Å². The number of nitrogens with zero attached hydrogens (tertiary/aromatic N) is 3. The zero-order valence-corrected chi connectivity index (χ0v) is 16.9. The van der Waals surface area contributed by atoms with E-state index in [1.54, 1.807) is 6.20 Å². The fourth-order valence-corrected chi connectivity index (χ4v) is 2.65. The Morgan fingerprint density at radius 2 is 1.81 bits per heavy atom. The highest BCUT2D eigenvalue weighted by Gasteiger charge is 2.19. The van der Waals surface area contributed by atoms with Crippen molar-refractivity contribution in [1.82, 2.24) is 14.8 Å². The van der Waals surface area contributed by atoms with Gasteiger partial charge < -0.3 is 4.74 Å². The Kier molecular flexibility index (Phi) is 6.63. The van der Waals surface area contributed by atoms with E-state index in [9.17, 15) is 4.79 Å². The summed E-state index contributed by atoms with van der Waals surface area (Å²) in [7, 11) is 0. The van der Waals surface area contributed by atoms with Crippen molar-refractivity contribution in [3.63, 3.8) is 0 Å². The summed E-state index contributed by atoms with van der Waals surface area (Å²) >= 11 is 6.17. The van der Waals surface area contributed by atoms with Crippen LogP contribution in [-0.2, 0) is 12.1 Å². The van der Waals surface area contributed by atoms with Crippen molar-refractivity contribution < 1.29 is 4.74 Å². The molecule has 0 aliphatic carbocycles. The molecule has 0 aliphatic rings. The van der Waals surface area contributed by atoms with Crippen LogP contribution in [0.3, 0.4) is 0 Å². The Morgan fingerprint density at radius 3 is 2.41 bits per heavy atom. The van der Waals surface area contributed by atoms with E-state index in [2.05, 4.69) is 10.1 Å². The first-order chi connectivity index (χ1) is 12.4. The number of aromatic nitrogens is 3. The van der Waals surface area contributed by atoms with E-state index in [-0.39, 0.29) is 28.7 Å². The van der Waals surface area contributed by atoms with Crippen LogP contribution in [0.2, 0.25) is 5.02 Å². The van der Waals surface area contributed by atoms with Gasteiger partial charge in [0.15, 0.2) is 10.8 Å². The average Bonchev–Trinajstić information content (AvgIpc) is 2.63. The van der Waals surface area contributed by atoms with Crippen LogP contribution >= 0.6 is 24.0 Å². The van der Waals surface area contributed by atoms with Crippen molar-refractivity contribution in [1.29, 1.82) is 0 Å². The van der Waals surface area contributed by atoms with Gasteiger partial charge in [0.2, 0.25) is 0 Å². The SMILES string of the molecule is CC(C)(C)n1ncc(OCc2ccc(-c3ccccn3)cc2)c(Cl)c1=O.Cl. The molecule has 0 saturated heterocycles. The molecule has 0 aliphatic heterocycles. The molecule has 1 aromatic carbocycles.